The van der Waals surface area contributed by atoms with Crippen LogP contribution in [0.4, 0.5) is 5.69 Å². The number of anilines is 1. The Hall–Kier alpha value is -0.970. The third kappa shape index (κ3) is 4.07. The molecule has 0 unspecified atom stereocenters. The smallest absolute Gasteiger partial charge is 0.0735 e. The van der Waals surface area contributed by atoms with E-state index in [0.29, 0.717) is 16.7 Å². The highest BCUT2D eigenvalue weighted by Gasteiger charge is 2.37. The van der Waals surface area contributed by atoms with Gasteiger partial charge in [-0.05, 0) is 49.0 Å². The first-order valence-electron chi connectivity index (χ1n) is 8.17. The van der Waals surface area contributed by atoms with Gasteiger partial charge in [0.2, 0.25) is 0 Å². The summed E-state index contributed by atoms with van der Waals surface area (Å²) in [6.45, 7) is 2.45. The van der Waals surface area contributed by atoms with Gasteiger partial charge in [-0.15, -0.1) is 0 Å². The number of hydrogen-bond donors (Lipinski definition) is 0. The lowest BCUT2D eigenvalue weighted by atomic mass is 9.93. The maximum Gasteiger partial charge on any atom is 0.0735 e. The number of benzene rings is 2. The standard InChI is InChI=1S/C19H21Cl3N2O/c1-23-9-10-24(15-6-3-13(20)4-7-15)19(18(23)12-25-2)16-8-5-14(21)11-17(16)22/h3-8,11,18-19H,9-10,12H2,1-2H3/t18-,19+/m1/s1. The maximum absolute atomic E-state index is 6.56. The van der Waals surface area contributed by atoms with Crippen LogP contribution < -0.4 is 4.90 Å². The lowest BCUT2D eigenvalue weighted by molar-refractivity contribution is 0.0745. The molecule has 1 fully saturated rings. The van der Waals surface area contributed by atoms with Crippen LogP contribution in [0.3, 0.4) is 0 Å². The summed E-state index contributed by atoms with van der Waals surface area (Å²) in [4.78, 5) is 4.70. The van der Waals surface area contributed by atoms with Crippen LogP contribution in [0.5, 0.6) is 0 Å². The second-order valence-electron chi connectivity index (χ2n) is 6.28. The van der Waals surface area contributed by atoms with E-state index in [1.165, 1.54) is 0 Å². The van der Waals surface area contributed by atoms with Crippen molar-refractivity contribution in [3.63, 3.8) is 0 Å². The molecule has 0 aliphatic carbocycles. The Balaban J connectivity index is 2.06. The second kappa shape index (κ2) is 8.15. The minimum atomic E-state index is 0.0599. The van der Waals surface area contributed by atoms with Gasteiger partial charge in [-0.3, -0.25) is 4.90 Å². The van der Waals surface area contributed by atoms with Crippen molar-refractivity contribution in [2.45, 2.75) is 12.1 Å². The van der Waals surface area contributed by atoms with E-state index in [1.54, 1.807) is 13.2 Å². The summed E-state index contributed by atoms with van der Waals surface area (Å²) in [5.74, 6) is 0. The molecule has 2 aromatic carbocycles. The summed E-state index contributed by atoms with van der Waals surface area (Å²) in [7, 11) is 3.86. The molecule has 0 bridgehead atoms. The van der Waals surface area contributed by atoms with Crippen LogP contribution >= 0.6 is 34.8 Å². The quantitative estimate of drug-likeness (QED) is 0.706. The fourth-order valence-electron chi connectivity index (χ4n) is 3.45. The van der Waals surface area contributed by atoms with Gasteiger partial charge in [0.25, 0.3) is 0 Å². The zero-order valence-corrected chi connectivity index (χ0v) is 16.5. The molecule has 0 radical (unpaired) electrons. The number of nitrogens with zero attached hydrogens (tertiary/aromatic N) is 2. The largest absolute Gasteiger partial charge is 0.383 e. The molecule has 3 nitrogen and oxygen atoms in total. The summed E-state index contributed by atoms with van der Waals surface area (Å²) in [5.41, 5.74) is 2.17. The van der Waals surface area contributed by atoms with Crippen molar-refractivity contribution in [3.05, 3.63) is 63.1 Å². The lowest BCUT2D eigenvalue weighted by Crippen LogP contribution is -2.55. The minimum absolute atomic E-state index is 0.0599. The van der Waals surface area contributed by atoms with Crippen molar-refractivity contribution in [1.29, 1.82) is 0 Å². The number of halogens is 3. The number of piperazine rings is 1. The third-order valence-electron chi connectivity index (χ3n) is 4.74. The van der Waals surface area contributed by atoms with E-state index in [4.69, 9.17) is 39.5 Å². The van der Waals surface area contributed by atoms with Gasteiger partial charge in [0, 0.05) is 41.0 Å². The van der Waals surface area contributed by atoms with Crippen molar-refractivity contribution >= 4 is 40.5 Å². The number of likely N-dealkylation sites (N-methyl/N-ethyl adjacent to an activating group) is 1. The van der Waals surface area contributed by atoms with Crippen LogP contribution in [-0.4, -0.2) is 44.8 Å². The van der Waals surface area contributed by atoms with Crippen LogP contribution in [0, 0.1) is 0 Å². The molecule has 6 heteroatoms. The fraction of sp³-hybridized carbons (Fsp3) is 0.368. The van der Waals surface area contributed by atoms with Gasteiger partial charge in [-0.1, -0.05) is 40.9 Å². The molecule has 0 spiro atoms. The molecule has 0 N–H and O–H groups in total. The average Bonchev–Trinajstić information content (AvgIpc) is 2.58. The molecule has 1 aliphatic rings. The normalized spacial score (nSPS) is 21.6. The Morgan fingerprint density at radius 2 is 1.68 bits per heavy atom. The van der Waals surface area contributed by atoms with E-state index in [-0.39, 0.29) is 12.1 Å². The van der Waals surface area contributed by atoms with Crippen LogP contribution in [-0.2, 0) is 4.74 Å². The van der Waals surface area contributed by atoms with Crippen molar-refractivity contribution in [1.82, 2.24) is 4.90 Å². The predicted molar refractivity (Wildman–Crippen MR) is 106 cm³/mol. The molecule has 0 saturated carbocycles. The number of hydrogen-bond acceptors (Lipinski definition) is 3. The first kappa shape index (κ1) is 18.8. The molecule has 1 heterocycles. The number of methoxy groups -OCH3 is 1. The average molecular weight is 400 g/mol. The molecule has 2 aromatic rings. The maximum atomic E-state index is 6.56. The van der Waals surface area contributed by atoms with Gasteiger partial charge in [0.15, 0.2) is 0 Å². The Labute approximate surface area is 164 Å². The van der Waals surface area contributed by atoms with Gasteiger partial charge in [0.1, 0.15) is 0 Å². The lowest BCUT2D eigenvalue weighted by Gasteiger charge is -2.47. The van der Waals surface area contributed by atoms with Gasteiger partial charge in [0.05, 0.1) is 18.7 Å². The fourth-order valence-corrected chi connectivity index (χ4v) is 4.09. The highest BCUT2D eigenvalue weighted by Crippen LogP contribution is 2.38. The van der Waals surface area contributed by atoms with Crippen molar-refractivity contribution in [2.24, 2.45) is 0 Å². The molecule has 25 heavy (non-hydrogen) atoms. The summed E-state index contributed by atoms with van der Waals surface area (Å²) >= 11 is 18.7. The molecule has 0 aromatic heterocycles. The first-order valence-corrected chi connectivity index (χ1v) is 9.31. The van der Waals surface area contributed by atoms with Gasteiger partial charge in [-0.2, -0.15) is 0 Å². The Bertz CT molecular complexity index is 723. The second-order valence-corrected chi connectivity index (χ2v) is 7.56. The molecule has 134 valence electrons. The van der Waals surface area contributed by atoms with Crippen LogP contribution in [0.2, 0.25) is 15.1 Å². The van der Waals surface area contributed by atoms with E-state index in [1.807, 2.05) is 36.4 Å². The van der Waals surface area contributed by atoms with Crippen LogP contribution in [0.25, 0.3) is 0 Å². The number of rotatable bonds is 4. The Kier molecular flexibility index (Phi) is 6.13. The topological polar surface area (TPSA) is 15.7 Å². The molecule has 1 aliphatic heterocycles. The van der Waals surface area contributed by atoms with Crippen molar-refractivity contribution < 1.29 is 4.74 Å². The number of ether oxygens (including phenoxy) is 1. The molecular formula is C19H21Cl3N2O. The van der Waals surface area contributed by atoms with E-state index < -0.39 is 0 Å². The van der Waals surface area contributed by atoms with E-state index >= 15 is 0 Å². The molecular weight excluding hydrogens is 379 g/mol. The molecule has 1 saturated heterocycles. The zero-order chi connectivity index (χ0) is 18.0. The predicted octanol–water partition coefficient (Wildman–Crippen LogP) is 5.15. The summed E-state index contributed by atoms with van der Waals surface area (Å²) < 4.78 is 5.51. The van der Waals surface area contributed by atoms with E-state index in [2.05, 4.69) is 16.8 Å². The molecule has 0 amide bonds. The van der Waals surface area contributed by atoms with Crippen LogP contribution in [0.1, 0.15) is 11.6 Å². The minimum Gasteiger partial charge on any atom is -0.383 e. The molecule has 3 rings (SSSR count). The highest BCUT2D eigenvalue weighted by atomic mass is 35.5. The van der Waals surface area contributed by atoms with E-state index in [0.717, 1.165) is 29.4 Å². The molecule has 2 atom stereocenters. The zero-order valence-electron chi connectivity index (χ0n) is 14.3. The van der Waals surface area contributed by atoms with E-state index in [9.17, 15) is 0 Å². The van der Waals surface area contributed by atoms with Crippen LogP contribution in [0.15, 0.2) is 42.5 Å². The Morgan fingerprint density at radius 3 is 2.32 bits per heavy atom. The van der Waals surface area contributed by atoms with Gasteiger partial charge in [-0.25, -0.2) is 0 Å². The highest BCUT2D eigenvalue weighted by molar-refractivity contribution is 6.35. The van der Waals surface area contributed by atoms with Crippen molar-refractivity contribution in [2.75, 3.05) is 38.8 Å². The summed E-state index contributed by atoms with van der Waals surface area (Å²) in [6.07, 6.45) is 0. The van der Waals surface area contributed by atoms with Crippen molar-refractivity contribution in [3.8, 4) is 0 Å². The Morgan fingerprint density at radius 1 is 1.00 bits per heavy atom. The van der Waals surface area contributed by atoms with Gasteiger partial charge >= 0.3 is 0 Å². The third-order valence-corrected chi connectivity index (χ3v) is 5.55. The van der Waals surface area contributed by atoms with Gasteiger partial charge < -0.3 is 9.64 Å². The first-order chi connectivity index (χ1) is 12.0. The summed E-state index contributed by atoms with van der Waals surface area (Å²) in [6, 6.07) is 13.9. The monoisotopic (exact) mass is 398 g/mol. The SMILES string of the molecule is COC[C@@H]1[C@H](c2ccc(Cl)cc2Cl)N(c2ccc(Cl)cc2)CCN1C. The summed E-state index contributed by atoms with van der Waals surface area (Å²) in [5, 5.41) is 2.04.